The van der Waals surface area contributed by atoms with Crippen molar-refractivity contribution in [1.82, 2.24) is 19.4 Å². The minimum absolute atomic E-state index is 0.00130. The van der Waals surface area contributed by atoms with Gasteiger partial charge in [-0.2, -0.15) is 5.26 Å². The first-order valence-electron chi connectivity index (χ1n) is 17.1. The zero-order valence-electron chi connectivity index (χ0n) is 30.0. The van der Waals surface area contributed by atoms with Gasteiger partial charge in [-0.15, -0.1) is 0 Å². The summed E-state index contributed by atoms with van der Waals surface area (Å²) in [5.74, 6) is 1.23. The fourth-order valence-corrected chi connectivity index (χ4v) is 7.66. The van der Waals surface area contributed by atoms with Gasteiger partial charge in [-0.1, -0.05) is 18.2 Å². The van der Waals surface area contributed by atoms with Crippen molar-refractivity contribution in [3.8, 4) is 28.7 Å². The average molecular weight is 752 g/mol. The van der Waals surface area contributed by atoms with Crippen LogP contribution in [0.15, 0.2) is 69.7 Å². The number of aromatic nitrogens is 2. The first-order chi connectivity index (χ1) is 24.5. The van der Waals surface area contributed by atoms with Gasteiger partial charge in [-0.25, -0.2) is 4.98 Å². The Kier molecular flexibility index (Phi) is 10.6. The van der Waals surface area contributed by atoms with Crippen LogP contribution >= 0.6 is 15.9 Å². The van der Waals surface area contributed by atoms with E-state index in [-0.39, 0.29) is 23.1 Å². The van der Waals surface area contributed by atoms with Crippen molar-refractivity contribution in [3.63, 3.8) is 0 Å². The van der Waals surface area contributed by atoms with Crippen LogP contribution in [0.2, 0.25) is 0 Å². The summed E-state index contributed by atoms with van der Waals surface area (Å²) in [5.41, 5.74) is 8.80. The fraction of sp³-hybridized carbons (Fsp3) is 0.350. The van der Waals surface area contributed by atoms with Gasteiger partial charge in [0.1, 0.15) is 27.7 Å². The molecule has 0 N–H and O–H groups in total. The number of fused-ring (bicyclic) bond motifs is 1. The molecule has 51 heavy (non-hydrogen) atoms. The Morgan fingerprint density at radius 2 is 1.71 bits per heavy atom. The molecule has 0 radical (unpaired) electrons. The van der Waals surface area contributed by atoms with Crippen molar-refractivity contribution in [3.05, 3.63) is 109 Å². The maximum atomic E-state index is 13.6. The zero-order chi connectivity index (χ0) is 36.4. The lowest BCUT2D eigenvalue weighted by atomic mass is 9.91. The van der Waals surface area contributed by atoms with Gasteiger partial charge in [0.05, 0.1) is 31.5 Å². The number of halogens is 1. The smallest absolute Gasteiger partial charge is 0.265 e. The van der Waals surface area contributed by atoms with Gasteiger partial charge in [-0.3, -0.25) is 14.5 Å². The number of rotatable bonds is 8. The molecule has 1 amide bonds. The van der Waals surface area contributed by atoms with Crippen LogP contribution < -0.4 is 19.9 Å². The summed E-state index contributed by atoms with van der Waals surface area (Å²) in [7, 11) is 5.14. The van der Waals surface area contributed by atoms with Crippen LogP contribution in [-0.2, 0) is 24.8 Å². The minimum atomic E-state index is -0.282. The molecule has 2 aromatic carbocycles. The van der Waals surface area contributed by atoms with E-state index in [1.807, 2.05) is 45.2 Å². The molecule has 0 spiro atoms. The molecule has 11 heteroatoms. The molecule has 4 aromatic rings. The van der Waals surface area contributed by atoms with Gasteiger partial charge in [0.15, 0.2) is 0 Å². The highest BCUT2D eigenvalue weighted by atomic mass is 79.9. The number of piperazine rings is 1. The molecule has 6 rings (SSSR count). The van der Waals surface area contributed by atoms with E-state index in [1.165, 1.54) is 11.3 Å². The average Bonchev–Trinajstić information content (AvgIpc) is 3.14. The van der Waals surface area contributed by atoms with Crippen LogP contribution in [0.1, 0.15) is 46.5 Å². The van der Waals surface area contributed by atoms with Crippen LogP contribution in [0, 0.1) is 25.2 Å². The lowest BCUT2D eigenvalue weighted by molar-refractivity contribution is -0.129. The number of nitriles is 1. The van der Waals surface area contributed by atoms with Crippen molar-refractivity contribution in [2.24, 2.45) is 7.05 Å². The van der Waals surface area contributed by atoms with E-state index in [2.05, 4.69) is 55.0 Å². The van der Waals surface area contributed by atoms with Crippen molar-refractivity contribution in [2.45, 2.75) is 39.8 Å². The third kappa shape index (κ3) is 7.16. The number of hydrogen-bond donors (Lipinski definition) is 0. The van der Waals surface area contributed by atoms with Crippen molar-refractivity contribution in [2.75, 3.05) is 51.8 Å². The summed E-state index contributed by atoms with van der Waals surface area (Å²) in [6.45, 7) is 10.5. The SMILES string of the molecule is COc1cc(-c2cn(C)c(=O)c(C)c2C)cc(OC)c1CN1CCN(c2cccc3c2CCN(C(=O)/C(C#N)=C/c2cccc(Br)n2)C3C)CC1. The fourth-order valence-electron chi connectivity index (χ4n) is 7.31. The summed E-state index contributed by atoms with van der Waals surface area (Å²) in [4.78, 5) is 37.1. The number of amides is 1. The summed E-state index contributed by atoms with van der Waals surface area (Å²) in [6, 6.07) is 17.8. The summed E-state index contributed by atoms with van der Waals surface area (Å²) >= 11 is 3.36. The molecule has 0 saturated carbocycles. The second-order valence-corrected chi connectivity index (χ2v) is 14.0. The first kappa shape index (κ1) is 35.9. The highest BCUT2D eigenvalue weighted by Crippen LogP contribution is 2.39. The Morgan fingerprint density at radius 1 is 1.02 bits per heavy atom. The largest absolute Gasteiger partial charge is 0.496 e. The molecule has 1 atom stereocenters. The highest BCUT2D eigenvalue weighted by Gasteiger charge is 2.32. The quantitative estimate of drug-likeness (QED) is 0.119. The van der Waals surface area contributed by atoms with Gasteiger partial charge < -0.3 is 23.8 Å². The number of aryl methyl sites for hydroxylation is 1. The molecule has 2 aliphatic heterocycles. The number of carbonyl (C=O) groups excluding carboxylic acids is 1. The van der Waals surface area contributed by atoms with E-state index in [1.54, 1.807) is 48.9 Å². The second kappa shape index (κ2) is 15.1. The summed E-state index contributed by atoms with van der Waals surface area (Å²) in [6.07, 6.45) is 4.14. The maximum Gasteiger partial charge on any atom is 0.265 e. The summed E-state index contributed by atoms with van der Waals surface area (Å²) in [5, 5.41) is 9.88. The lowest BCUT2D eigenvalue weighted by Gasteiger charge is -2.40. The molecular formula is C40H43BrN6O4. The van der Waals surface area contributed by atoms with Crippen molar-refractivity contribution < 1.29 is 14.3 Å². The predicted molar refractivity (Wildman–Crippen MR) is 203 cm³/mol. The molecule has 0 bridgehead atoms. The number of ether oxygens (including phenoxy) is 2. The van der Waals surface area contributed by atoms with Crippen LogP contribution in [0.3, 0.4) is 0 Å². The number of methoxy groups -OCH3 is 2. The molecule has 0 aliphatic carbocycles. The van der Waals surface area contributed by atoms with E-state index < -0.39 is 0 Å². The Morgan fingerprint density at radius 3 is 2.35 bits per heavy atom. The number of hydrogen-bond acceptors (Lipinski definition) is 8. The number of benzene rings is 2. The Balaban J connectivity index is 1.17. The molecule has 10 nitrogen and oxygen atoms in total. The van der Waals surface area contributed by atoms with Crippen LogP contribution in [0.25, 0.3) is 17.2 Å². The topological polar surface area (TPSA) is 104 Å². The number of nitrogens with zero attached hydrogens (tertiary/aromatic N) is 6. The number of pyridine rings is 2. The standard InChI is InChI=1S/C40H43BrN6O4/c1-25-26(2)39(48)44(4)23-33(25)28-20-36(50-5)34(37(21-28)51-6)24-45-15-17-46(18-16-45)35-11-8-10-31-27(3)47(14-13-32(31)35)40(49)29(22-42)19-30-9-7-12-38(41)43-30/h7-12,19-21,23,27H,13-18,24H2,1-6H3/b29-19+. The molecular weight excluding hydrogens is 708 g/mol. The predicted octanol–water partition coefficient (Wildman–Crippen LogP) is 6.22. The molecule has 264 valence electrons. The van der Waals surface area contributed by atoms with Crippen molar-refractivity contribution in [1.29, 1.82) is 5.26 Å². The van der Waals surface area contributed by atoms with Crippen LogP contribution in [0.4, 0.5) is 5.69 Å². The normalized spacial score (nSPS) is 16.4. The lowest BCUT2D eigenvalue weighted by Crippen LogP contribution is -2.47. The van der Waals surface area contributed by atoms with Gasteiger partial charge in [0, 0.05) is 69.3 Å². The first-order valence-corrected chi connectivity index (χ1v) is 17.9. The second-order valence-electron chi connectivity index (χ2n) is 13.2. The molecule has 1 fully saturated rings. The Labute approximate surface area is 307 Å². The molecule has 1 saturated heterocycles. The van der Waals surface area contributed by atoms with Crippen molar-refractivity contribution >= 4 is 33.6 Å². The Bertz CT molecular complexity index is 2090. The third-order valence-corrected chi connectivity index (χ3v) is 10.7. The van der Waals surface area contributed by atoms with Crippen LogP contribution in [-0.4, -0.2) is 72.2 Å². The molecule has 2 aliphatic rings. The van der Waals surface area contributed by atoms with E-state index >= 15 is 0 Å². The number of carbonyl (C=O) groups is 1. The minimum Gasteiger partial charge on any atom is -0.496 e. The van der Waals surface area contributed by atoms with Crippen LogP contribution in [0.5, 0.6) is 11.5 Å². The van der Waals surface area contributed by atoms with Gasteiger partial charge >= 0.3 is 0 Å². The maximum absolute atomic E-state index is 13.6. The van der Waals surface area contributed by atoms with Gasteiger partial charge in [-0.05, 0) is 102 Å². The molecule has 4 heterocycles. The molecule has 1 unspecified atom stereocenters. The monoisotopic (exact) mass is 750 g/mol. The van der Waals surface area contributed by atoms with Gasteiger partial charge in [0.25, 0.3) is 11.5 Å². The highest BCUT2D eigenvalue weighted by molar-refractivity contribution is 9.10. The zero-order valence-corrected chi connectivity index (χ0v) is 31.6. The van der Waals surface area contributed by atoms with E-state index in [9.17, 15) is 14.9 Å². The molecule has 2 aromatic heterocycles. The summed E-state index contributed by atoms with van der Waals surface area (Å²) < 4.78 is 14.1. The van der Waals surface area contributed by atoms with Gasteiger partial charge in [0.2, 0.25) is 0 Å². The van der Waals surface area contributed by atoms with E-state index in [0.29, 0.717) is 29.8 Å². The third-order valence-electron chi connectivity index (χ3n) is 10.3. The van der Waals surface area contributed by atoms with E-state index in [4.69, 9.17) is 9.47 Å². The van der Waals surface area contributed by atoms with E-state index in [0.717, 1.165) is 71.1 Å². The number of anilines is 1. The Hall–Kier alpha value is -4.92.